The quantitative estimate of drug-likeness (QED) is 0.674. The number of rotatable bonds is 4. The molecule has 6 nitrogen and oxygen atoms in total. The molecular weight excluding hydrogens is 267 g/mol. The van der Waals surface area contributed by atoms with Crippen LogP contribution >= 0.6 is 0 Å². The fourth-order valence-corrected chi connectivity index (χ4v) is 2.46. The maximum Gasteiger partial charge on any atom is 0.307 e. The summed E-state index contributed by atoms with van der Waals surface area (Å²) in [5.41, 5.74) is 0.0648. The van der Waals surface area contributed by atoms with E-state index < -0.39 is 28.3 Å². The van der Waals surface area contributed by atoms with E-state index in [-0.39, 0.29) is 0 Å². The summed E-state index contributed by atoms with van der Waals surface area (Å²) in [6.45, 7) is 1.58. The van der Waals surface area contributed by atoms with E-state index in [0.717, 1.165) is 25.1 Å². The molecular formula is C13H15FN2O4. The smallest absolute Gasteiger partial charge is 0.307 e. The van der Waals surface area contributed by atoms with Gasteiger partial charge in [-0.2, -0.15) is 4.39 Å². The largest absolute Gasteiger partial charge is 0.481 e. The Kier molecular flexibility index (Phi) is 4.29. The molecule has 0 aromatic heterocycles. The highest BCUT2D eigenvalue weighted by Gasteiger charge is 2.25. The van der Waals surface area contributed by atoms with Gasteiger partial charge in [-0.15, -0.1) is 0 Å². The molecule has 7 heteroatoms. The standard InChI is InChI=1S/C13H15FN2O4/c14-11-6-9(3-4-12(11)16(19)20)7-15-5-1-2-10(8-15)13(17)18/h3-4,6,10H,1-2,5,7-8H2,(H,17,18). The number of nitro benzene ring substituents is 1. The van der Waals surface area contributed by atoms with E-state index in [4.69, 9.17) is 5.11 Å². The van der Waals surface area contributed by atoms with Crippen molar-refractivity contribution < 1.29 is 19.2 Å². The molecule has 1 aliphatic rings. The first-order valence-electron chi connectivity index (χ1n) is 6.35. The van der Waals surface area contributed by atoms with Crippen molar-refractivity contribution in [1.82, 2.24) is 4.90 Å². The lowest BCUT2D eigenvalue weighted by atomic mass is 9.98. The van der Waals surface area contributed by atoms with E-state index in [1.807, 2.05) is 4.90 Å². The number of carboxylic acid groups (broad SMARTS) is 1. The van der Waals surface area contributed by atoms with Crippen molar-refractivity contribution in [1.29, 1.82) is 0 Å². The number of benzene rings is 1. The summed E-state index contributed by atoms with van der Waals surface area (Å²) in [4.78, 5) is 22.7. The summed E-state index contributed by atoms with van der Waals surface area (Å²) in [7, 11) is 0. The molecule has 2 rings (SSSR count). The Balaban J connectivity index is 2.04. The van der Waals surface area contributed by atoms with Crippen molar-refractivity contribution >= 4 is 11.7 Å². The second-order valence-corrected chi connectivity index (χ2v) is 4.96. The molecule has 0 saturated carbocycles. The first kappa shape index (κ1) is 14.4. The van der Waals surface area contributed by atoms with Gasteiger partial charge in [0.15, 0.2) is 0 Å². The number of likely N-dealkylation sites (tertiary alicyclic amines) is 1. The monoisotopic (exact) mass is 282 g/mol. The molecule has 1 N–H and O–H groups in total. The Morgan fingerprint density at radius 1 is 1.55 bits per heavy atom. The highest BCUT2D eigenvalue weighted by molar-refractivity contribution is 5.70. The lowest BCUT2D eigenvalue weighted by Gasteiger charge is -2.30. The van der Waals surface area contributed by atoms with Crippen molar-refractivity contribution in [2.75, 3.05) is 13.1 Å². The minimum atomic E-state index is -0.862. The number of carboxylic acids is 1. The topological polar surface area (TPSA) is 83.7 Å². The maximum absolute atomic E-state index is 13.5. The van der Waals surface area contributed by atoms with Crippen LogP contribution in [0.3, 0.4) is 0 Å². The molecule has 1 aromatic carbocycles. The molecule has 0 aliphatic carbocycles. The lowest BCUT2D eigenvalue weighted by Crippen LogP contribution is -2.38. The summed E-state index contributed by atoms with van der Waals surface area (Å²) >= 11 is 0. The predicted octanol–water partition coefficient (Wildman–Crippen LogP) is 2.03. The van der Waals surface area contributed by atoms with E-state index in [1.165, 1.54) is 6.07 Å². The van der Waals surface area contributed by atoms with Crippen molar-refractivity contribution in [2.45, 2.75) is 19.4 Å². The number of piperidine rings is 1. The summed E-state index contributed by atoms with van der Waals surface area (Å²) in [6.07, 6.45) is 1.44. The maximum atomic E-state index is 13.5. The van der Waals surface area contributed by atoms with Gasteiger partial charge in [-0.25, -0.2) is 0 Å². The molecule has 1 aliphatic heterocycles. The van der Waals surface area contributed by atoms with Gasteiger partial charge in [0, 0.05) is 19.2 Å². The zero-order valence-corrected chi connectivity index (χ0v) is 10.8. The van der Waals surface area contributed by atoms with Crippen LogP contribution in [0.5, 0.6) is 0 Å². The Morgan fingerprint density at radius 2 is 2.30 bits per heavy atom. The fourth-order valence-electron chi connectivity index (χ4n) is 2.46. The first-order valence-corrected chi connectivity index (χ1v) is 6.35. The van der Waals surface area contributed by atoms with E-state index in [1.54, 1.807) is 0 Å². The Hall–Kier alpha value is -2.02. The summed E-state index contributed by atoms with van der Waals surface area (Å²) in [6, 6.07) is 3.79. The van der Waals surface area contributed by atoms with Crippen LogP contribution in [0.15, 0.2) is 18.2 Å². The SMILES string of the molecule is O=C(O)C1CCCN(Cc2ccc([N+](=O)[O-])c(F)c2)C1. The van der Waals surface area contributed by atoms with Crippen molar-refractivity contribution in [3.63, 3.8) is 0 Å². The second kappa shape index (κ2) is 5.96. The first-order chi connectivity index (χ1) is 9.47. The van der Waals surface area contributed by atoms with Crippen LogP contribution in [0.1, 0.15) is 18.4 Å². The fraction of sp³-hybridized carbons (Fsp3) is 0.462. The number of carbonyl (C=O) groups is 1. The van der Waals surface area contributed by atoms with Gasteiger partial charge in [-0.1, -0.05) is 6.07 Å². The second-order valence-electron chi connectivity index (χ2n) is 4.96. The van der Waals surface area contributed by atoms with Crippen LogP contribution in [0, 0.1) is 21.8 Å². The Morgan fingerprint density at radius 3 is 2.90 bits per heavy atom. The predicted molar refractivity (Wildman–Crippen MR) is 68.7 cm³/mol. The molecule has 0 spiro atoms. The van der Waals surface area contributed by atoms with Gasteiger partial charge in [-0.3, -0.25) is 19.8 Å². The number of hydrogen-bond acceptors (Lipinski definition) is 4. The normalized spacial score (nSPS) is 19.8. The molecule has 1 unspecified atom stereocenters. The summed E-state index contributed by atoms with van der Waals surface area (Å²) in [5.74, 6) is -2.07. The van der Waals surface area contributed by atoms with Gasteiger partial charge in [0.2, 0.25) is 5.82 Å². The number of aliphatic carboxylic acids is 1. The van der Waals surface area contributed by atoms with Crippen LogP contribution < -0.4 is 0 Å². The summed E-state index contributed by atoms with van der Waals surface area (Å²) in [5, 5.41) is 19.5. The number of hydrogen-bond donors (Lipinski definition) is 1. The molecule has 20 heavy (non-hydrogen) atoms. The lowest BCUT2D eigenvalue weighted by molar-refractivity contribution is -0.387. The van der Waals surface area contributed by atoms with Crippen molar-refractivity contribution in [3.8, 4) is 0 Å². The minimum Gasteiger partial charge on any atom is -0.481 e. The van der Waals surface area contributed by atoms with Crippen LogP contribution in [0.2, 0.25) is 0 Å². The molecule has 1 fully saturated rings. The van der Waals surface area contributed by atoms with E-state index >= 15 is 0 Å². The molecule has 1 aromatic rings. The zero-order valence-electron chi connectivity index (χ0n) is 10.8. The van der Waals surface area contributed by atoms with Crippen molar-refractivity contribution in [3.05, 3.63) is 39.7 Å². The highest BCUT2D eigenvalue weighted by Crippen LogP contribution is 2.22. The van der Waals surface area contributed by atoms with E-state index in [9.17, 15) is 19.3 Å². The average molecular weight is 282 g/mol. The molecule has 1 atom stereocenters. The van der Waals surface area contributed by atoms with Gasteiger partial charge in [0.05, 0.1) is 10.8 Å². The third kappa shape index (κ3) is 3.30. The van der Waals surface area contributed by atoms with Gasteiger partial charge in [0.25, 0.3) is 0 Å². The number of nitrogens with zero attached hydrogens (tertiary/aromatic N) is 2. The number of nitro groups is 1. The van der Waals surface area contributed by atoms with Crippen LogP contribution in [-0.2, 0) is 11.3 Å². The summed E-state index contributed by atoms with van der Waals surface area (Å²) < 4.78 is 13.5. The van der Waals surface area contributed by atoms with Gasteiger partial charge < -0.3 is 5.11 Å². The third-order valence-electron chi connectivity index (χ3n) is 3.47. The highest BCUT2D eigenvalue weighted by atomic mass is 19.1. The van der Waals surface area contributed by atoms with Crippen molar-refractivity contribution in [2.24, 2.45) is 5.92 Å². The average Bonchev–Trinajstić information content (AvgIpc) is 2.38. The minimum absolute atomic E-state index is 0.397. The van der Waals surface area contributed by atoms with Gasteiger partial charge >= 0.3 is 11.7 Å². The molecule has 0 radical (unpaired) electrons. The van der Waals surface area contributed by atoms with Crippen LogP contribution in [-0.4, -0.2) is 34.0 Å². The molecule has 108 valence electrons. The molecule has 0 amide bonds. The van der Waals surface area contributed by atoms with Crippen LogP contribution in [0.25, 0.3) is 0 Å². The number of halogens is 1. The van der Waals surface area contributed by atoms with Crippen LogP contribution in [0.4, 0.5) is 10.1 Å². The molecule has 1 saturated heterocycles. The van der Waals surface area contributed by atoms with Gasteiger partial charge in [0.1, 0.15) is 0 Å². The molecule has 0 bridgehead atoms. The molecule has 1 heterocycles. The Bertz CT molecular complexity index is 535. The van der Waals surface area contributed by atoms with E-state index in [2.05, 4.69) is 0 Å². The van der Waals surface area contributed by atoms with Gasteiger partial charge in [-0.05, 0) is 31.0 Å². The zero-order chi connectivity index (χ0) is 14.7. The third-order valence-corrected chi connectivity index (χ3v) is 3.47. The Labute approximate surface area is 115 Å². The van der Waals surface area contributed by atoms with E-state index in [0.29, 0.717) is 25.1 Å².